The summed E-state index contributed by atoms with van der Waals surface area (Å²) in [5, 5.41) is 0. The summed E-state index contributed by atoms with van der Waals surface area (Å²) in [4.78, 5) is 0. The van der Waals surface area contributed by atoms with Crippen molar-refractivity contribution in [3.8, 4) is 0 Å². The molecule has 0 heterocycles. The van der Waals surface area contributed by atoms with Crippen molar-refractivity contribution in [1.29, 1.82) is 0 Å². The smallest absolute Gasteiger partial charge is 0.267 e. The first-order valence-electron chi connectivity index (χ1n) is 5.40. The molecule has 16 heavy (non-hydrogen) atoms. The fourth-order valence-corrected chi connectivity index (χ4v) is 2.47. The highest BCUT2D eigenvalue weighted by Gasteiger charge is 2.35. The molecule has 88 valence electrons. The first-order chi connectivity index (χ1) is 7.54. The highest BCUT2D eigenvalue weighted by atomic mass is 19.3. The zero-order valence-electron chi connectivity index (χ0n) is 8.85. The highest BCUT2D eigenvalue weighted by Crippen LogP contribution is 2.41. The molecule has 0 bridgehead atoms. The van der Waals surface area contributed by atoms with Crippen LogP contribution in [0.1, 0.15) is 43.2 Å². The summed E-state index contributed by atoms with van der Waals surface area (Å²) in [6, 6.07) is 4.03. The zero-order valence-corrected chi connectivity index (χ0v) is 8.85. The van der Waals surface area contributed by atoms with E-state index in [1.54, 1.807) is 0 Å². The van der Waals surface area contributed by atoms with Crippen LogP contribution in [0.2, 0.25) is 0 Å². The van der Waals surface area contributed by atoms with Crippen LogP contribution in [0.25, 0.3) is 0 Å². The lowest BCUT2D eigenvalue weighted by Crippen LogP contribution is -2.34. The highest BCUT2D eigenvalue weighted by molar-refractivity contribution is 5.36. The Hall–Kier alpha value is -1.03. The molecule has 1 aromatic rings. The van der Waals surface area contributed by atoms with Gasteiger partial charge in [0.25, 0.3) is 6.43 Å². The third-order valence-electron chi connectivity index (χ3n) is 3.30. The van der Waals surface area contributed by atoms with E-state index >= 15 is 0 Å². The third kappa shape index (κ3) is 1.82. The maximum Gasteiger partial charge on any atom is 0.267 e. The van der Waals surface area contributed by atoms with Crippen LogP contribution in [-0.2, 0) is 5.54 Å². The topological polar surface area (TPSA) is 26.0 Å². The fourth-order valence-electron chi connectivity index (χ4n) is 2.47. The molecule has 2 N–H and O–H groups in total. The minimum absolute atomic E-state index is 0.278. The molecule has 2 rings (SSSR count). The zero-order chi connectivity index (χ0) is 11.8. The summed E-state index contributed by atoms with van der Waals surface area (Å²) in [5.74, 6) is -0.857. The maximum atomic E-state index is 13.4. The van der Waals surface area contributed by atoms with Gasteiger partial charge in [0, 0.05) is 5.54 Å². The normalized spacial score (nSPS) is 19.3. The van der Waals surface area contributed by atoms with E-state index in [0.717, 1.165) is 18.9 Å². The lowest BCUT2D eigenvalue weighted by Gasteiger charge is -2.27. The molecule has 0 spiro atoms. The average molecular weight is 229 g/mol. The Morgan fingerprint density at radius 3 is 2.38 bits per heavy atom. The third-order valence-corrected chi connectivity index (χ3v) is 3.30. The SMILES string of the molecule is NC1(c2cccc(F)c2C(F)F)CCCC1. The summed E-state index contributed by atoms with van der Waals surface area (Å²) in [6.45, 7) is 0. The van der Waals surface area contributed by atoms with E-state index in [4.69, 9.17) is 5.73 Å². The van der Waals surface area contributed by atoms with Crippen molar-refractivity contribution in [2.45, 2.75) is 37.6 Å². The van der Waals surface area contributed by atoms with Crippen LogP contribution < -0.4 is 5.73 Å². The molecule has 1 nitrogen and oxygen atoms in total. The van der Waals surface area contributed by atoms with Crippen molar-refractivity contribution in [1.82, 2.24) is 0 Å². The summed E-state index contributed by atoms with van der Waals surface area (Å²) >= 11 is 0. The predicted molar refractivity (Wildman–Crippen MR) is 55.7 cm³/mol. The van der Waals surface area contributed by atoms with Crippen LogP contribution in [0.5, 0.6) is 0 Å². The Bertz CT molecular complexity index is 384. The first kappa shape index (κ1) is 11.5. The summed E-state index contributed by atoms with van der Waals surface area (Å²) in [5.41, 5.74) is 5.07. The number of alkyl halides is 2. The molecule has 0 atom stereocenters. The van der Waals surface area contributed by atoms with Gasteiger partial charge in [0.2, 0.25) is 0 Å². The van der Waals surface area contributed by atoms with Gasteiger partial charge in [-0.05, 0) is 24.5 Å². The van der Waals surface area contributed by atoms with E-state index in [9.17, 15) is 13.2 Å². The second-order valence-corrected chi connectivity index (χ2v) is 4.37. The van der Waals surface area contributed by atoms with Crippen LogP contribution in [0, 0.1) is 5.82 Å². The minimum Gasteiger partial charge on any atom is -0.321 e. The van der Waals surface area contributed by atoms with E-state index in [2.05, 4.69) is 0 Å². The van der Waals surface area contributed by atoms with E-state index < -0.39 is 23.3 Å². The van der Waals surface area contributed by atoms with E-state index in [1.807, 2.05) is 0 Å². The number of halogens is 3. The van der Waals surface area contributed by atoms with E-state index in [-0.39, 0.29) is 5.56 Å². The number of benzene rings is 1. The molecular formula is C12H14F3N. The molecule has 0 saturated heterocycles. The van der Waals surface area contributed by atoms with Crippen molar-refractivity contribution in [2.24, 2.45) is 5.73 Å². The minimum atomic E-state index is -2.81. The number of hydrogen-bond donors (Lipinski definition) is 1. The molecular weight excluding hydrogens is 215 g/mol. The molecule has 1 fully saturated rings. The van der Waals surface area contributed by atoms with Crippen molar-refractivity contribution >= 4 is 0 Å². The summed E-state index contributed by atoms with van der Waals surface area (Å²) in [6.07, 6.45) is 0.315. The largest absolute Gasteiger partial charge is 0.321 e. The van der Waals surface area contributed by atoms with Crippen molar-refractivity contribution in [2.75, 3.05) is 0 Å². The molecule has 1 aliphatic rings. The van der Waals surface area contributed by atoms with Gasteiger partial charge in [-0.15, -0.1) is 0 Å². The van der Waals surface area contributed by atoms with Crippen molar-refractivity contribution in [3.63, 3.8) is 0 Å². The Morgan fingerprint density at radius 1 is 1.19 bits per heavy atom. The van der Waals surface area contributed by atoms with Gasteiger partial charge >= 0.3 is 0 Å². The lowest BCUT2D eigenvalue weighted by atomic mass is 9.86. The van der Waals surface area contributed by atoms with Crippen LogP contribution in [0.15, 0.2) is 18.2 Å². The van der Waals surface area contributed by atoms with Crippen LogP contribution in [0.3, 0.4) is 0 Å². The molecule has 0 aliphatic heterocycles. The molecule has 0 amide bonds. The van der Waals surface area contributed by atoms with E-state index in [1.165, 1.54) is 12.1 Å². The molecule has 0 aromatic heterocycles. The lowest BCUT2D eigenvalue weighted by molar-refractivity contribution is 0.142. The van der Waals surface area contributed by atoms with Crippen LogP contribution >= 0.6 is 0 Å². The molecule has 1 saturated carbocycles. The van der Waals surface area contributed by atoms with E-state index in [0.29, 0.717) is 12.8 Å². The van der Waals surface area contributed by atoms with Crippen LogP contribution in [0.4, 0.5) is 13.2 Å². The Kier molecular flexibility index (Phi) is 2.93. The number of hydrogen-bond acceptors (Lipinski definition) is 1. The van der Waals surface area contributed by atoms with Gasteiger partial charge in [-0.1, -0.05) is 25.0 Å². The van der Waals surface area contributed by atoms with Crippen molar-refractivity contribution in [3.05, 3.63) is 35.1 Å². The predicted octanol–water partition coefficient (Wildman–Crippen LogP) is 3.49. The van der Waals surface area contributed by atoms with Gasteiger partial charge in [-0.3, -0.25) is 0 Å². The first-order valence-corrected chi connectivity index (χ1v) is 5.40. The van der Waals surface area contributed by atoms with Crippen LogP contribution in [-0.4, -0.2) is 0 Å². The maximum absolute atomic E-state index is 13.4. The standard InChI is InChI=1S/C12H14F3N/c13-9-5-3-4-8(10(9)11(14)15)12(16)6-1-2-7-12/h3-5,11H,1-2,6-7,16H2. The molecule has 0 radical (unpaired) electrons. The second kappa shape index (κ2) is 4.09. The quantitative estimate of drug-likeness (QED) is 0.825. The van der Waals surface area contributed by atoms with Gasteiger partial charge < -0.3 is 5.73 Å². The fraction of sp³-hybridized carbons (Fsp3) is 0.500. The Balaban J connectivity index is 2.51. The van der Waals surface area contributed by atoms with Gasteiger partial charge in [-0.25, -0.2) is 13.2 Å². The second-order valence-electron chi connectivity index (χ2n) is 4.37. The van der Waals surface area contributed by atoms with Gasteiger partial charge in [0.05, 0.1) is 5.56 Å². The summed E-state index contributed by atoms with van der Waals surface area (Å²) in [7, 11) is 0. The summed E-state index contributed by atoms with van der Waals surface area (Å²) < 4.78 is 39.0. The number of nitrogens with two attached hydrogens (primary N) is 1. The van der Waals surface area contributed by atoms with Gasteiger partial charge in [0.1, 0.15) is 5.82 Å². The number of rotatable bonds is 2. The molecule has 0 unspecified atom stereocenters. The Morgan fingerprint density at radius 2 is 1.81 bits per heavy atom. The molecule has 4 heteroatoms. The monoisotopic (exact) mass is 229 g/mol. The molecule has 1 aliphatic carbocycles. The Labute approximate surface area is 92.5 Å². The molecule has 1 aromatic carbocycles. The average Bonchev–Trinajstić information content (AvgIpc) is 2.65. The van der Waals surface area contributed by atoms with Crippen molar-refractivity contribution < 1.29 is 13.2 Å². The van der Waals surface area contributed by atoms with Gasteiger partial charge in [0.15, 0.2) is 0 Å². The van der Waals surface area contributed by atoms with Gasteiger partial charge in [-0.2, -0.15) is 0 Å².